The van der Waals surface area contributed by atoms with Gasteiger partial charge in [0.05, 0.1) is 20.7 Å². The van der Waals surface area contributed by atoms with E-state index in [9.17, 15) is 4.79 Å². The van der Waals surface area contributed by atoms with E-state index in [4.69, 9.17) is 4.42 Å². The first-order valence-electron chi connectivity index (χ1n) is 6.59. The van der Waals surface area contributed by atoms with Crippen LogP contribution in [0.25, 0.3) is 21.8 Å². The van der Waals surface area contributed by atoms with Crippen molar-refractivity contribution in [1.82, 2.24) is 20.2 Å². The molecule has 7 nitrogen and oxygen atoms in total. The van der Waals surface area contributed by atoms with Crippen LogP contribution >= 0.6 is 22.7 Å². The first-order chi connectivity index (χ1) is 11.2. The second-order valence-corrected chi connectivity index (χ2v) is 6.60. The molecule has 1 aromatic carbocycles. The van der Waals surface area contributed by atoms with Gasteiger partial charge in [-0.1, -0.05) is 5.10 Å². The van der Waals surface area contributed by atoms with Gasteiger partial charge in [0, 0.05) is 10.9 Å². The Morgan fingerprint density at radius 1 is 1.26 bits per heavy atom. The molecular formula is C14H9N5O2S2. The molecule has 23 heavy (non-hydrogen) atoms. The van der Waals surface area contributed by atoms with Crippen molar-refractivity contribution in [3.05, 3.63) is 39.7 Å². The number of aromatic nitrogens is 4. The number of benzene rings is 1. The van der Waals surface area contributed by atoms with Gasteiger partial charge >= 0.3 is 6.01 Å². The lowest BCUT2D eigenvalue weighted by molar-refractivity contribution is 0.102. The summed E-state index contributed by atoms with van der Waals surface area (Å²) in [6.07, 6.45) is 0. The van der Waals surface area contributed by atoms with E-state index in [1.807, 2.05) is 12.3 Å². The number of carbonyl (C=O) groups is 1. The molecule has 1 N–H and O–H groups in total. The van der Waals surface area contributed by atoms with Gasteiger partial charge in [0.15, 0.2) is 0 Å². The minimum Gasteiger partial charge on any atom is -0.401 e. The molecule has 0 atom stereocenters. The number of carbonyl (C=O) groups excluding carboxylic acids is 1. The van der Waals surface area contributed by atoms with E-state index < -0.39 is 0 Å². The molecule has 9 heteroatoms. The van der Waals surface area contributed by atoms with Crippen LogP contribution in [0.3, 0.4) is 0 Å². The van der Waals surface area contributed by atoms with Crippen molar-refractivity contribution >= 4 is 44.8 Å². The number of amides is 1. The van der Waals surface area contributed by atoms with Crippen molar-refractivity contribution in [3.63, 3.8) is 0 Å². The quantitative estimate of drug-likeness (QED) is 0.613. The standard InChI is InChI=1S/C14H9N5O2S2/c1-7-16-10(5-22-7)13-18-19-14(21-13)17-12(20)8-2-3-9-11(4-8)23-6-15-9/h2-6H,1H3,(H,17,19,20). The maximum absolute atomic E-state index is 12.3. The summed E-state index contributed by atoms with van der Waals surface area (Å²) in [5.74, 6) is -0.0347. The molecule has 0 bridgehead atoms. The van der Waals surface area contributed by atoms with E-state index >= 15 is 0 Å². The summed E-state index contributed by atoms with van der Waals surface area (Å²) in [5, 5.41) is 13.0. The number of anilines is 1. The number of aryl methyl sites for hydroxylation is 1. The smallest absolute Gasteiger partial charge is 0.322 e. The first-order valence-corrected chi connectivity index (χ1v) is 8.35. The Kier molecular flexibility index (Phi) is 3.36. The lowest BCUT2D eigenvalue weighted by atomic mass is 10.2. The molecule has 0 saturated heterocycles. The summed E-state index contributed by atoms with van der Waals surface area (Å²) in [4.78, 5) is 20.7. The van der Waals surface area contributed by atoms with Gasteiger partial charge in [-0.3, -0.25) is 10.1 Å². The van der Waals surface area contributed by atoms with Crippen molar-refractivity contribution in [2.24, 2.45) is 0 Å². The zero-order chi connectivity index (χ0) is 15.8. The topological polar surface area (TPSA) is 93.8 Å². The molecule has 3 heterocycles. The van der Waals surface area contributed by atoms with Gasteiger partial charge in [-0.15, -0.1) is 27.8 Å². The van der Waals surface area contributed by atoms with Gasteiger partial charge in [-0.2, -0.15) is 0 Å². The fraction of sp³-hybridized carbons (Fsp3) is 0.0714. The van der Waals surface area contributed by atoms with Crippen LogP contribution in [0, 0.1) is 6.92 Å². The molecule has 0 aliphatic heterocycles. The van der Waals surface area contributed by atoms with Crippen molar-refractivity contribution in [2.45, 2.75) is 6.92 Å². The zero-order valence-electron chi connectivity index (χ0n) is 11.8. The summed E-state index contributed by atoms with van der Waals surface area (Å²) in [7, 11) is 0. The maximum atomic E-state index is 12.3. The SMILES string of the molecule is Cc1nc(-c2nnc(NC(=O)c3ccc4ncsc4c3)o2)cs1. The van der Waals surface area contributed by atoms with Crippen molar-refractivity contribution in [2.75, 3.05) is 5.32 Å². The monoisotopic (exact) mass is 343 g/mol. The Labute approximate surface area is 138 Å². The second-order valence-electron chi connectivity index (χ2n) is 4.65. The number of hydrogen-bond donors (Lipinski definition) is 1. The molecule has 0 saturated carbocycles. The number of hydrogen-bond acceptors (Lipinski definition) is 8. The van der Waals surface area contributed by atoms with Gasteiger partial charge in [0.2, 0.25) is 0 Å². The summed E-state index contributed by atoms with van der Waals surface area (Å²) in [6, 6.07) is 5.33. The number of fused-ring (bicyclic) bond motifs is 1. The molecule has 0 unspecified atom stereocenters. The van der Waals surface area contributed by atoms with Crippen LogP contribution in [0.1, 0.15) is 15.4 Å². The fourth-order valence-corrected chi connectivity index (χ4v) is 3.31. The molecule has 114 valence electrons. The predicted molar refractivity (Wildman–Crippen MR) is 87.7 cm³/mol. The zero-order valence-corrected chi connectivity index (χ0v) is 13.4. The van der Waals surface area contributed by atoms with Crippen LogP contribution in [0.5, 0.6) is 0 Å². The molecular weight excluding hydrogens is 334 g/mol. The Balaban J connectivity index is 1.55. The highest BCUT2D eigenvalue weighted by Gasteiger charge is 2.15. The highest BCUT2D eigenvalue weighted by atomic mass is 32.1. The lowest BCUT2D eigenvalue weighted by Gasteiger charge is -2.00. The number of rotatable bonds is 3. The van der Waals surface area contributed by atoms with Crippen LogP contribution in [0.15, 0.2) is 33.5 Å². The van der Waals surface area contributed by atoms with Gasteiger partial charge in [0.1, 0.15) is 5.69 Å². The molecule has 3 aromatic heterocycles. The predicted octanol–water partition coefficient (Wildman–Crippen LogP) is 3.36. The molecule has 0 aliphatic carbocycles. The minimum atomic E-state index is -0.315. The summed E-state index contributed by atoms with van der Waals surface area (Å²) in [6.45, 7) is 1.89. The third kappa shape index (κ3) is 2.71. The van der Waals surface area contributed by atoms with E-state index in [0.29, 0.717) is 11.3 Å². The summed E-state index contributed by atoms with van der Waals surface area (Å²) < 4.78 is 6.37. The van der Waals surface area contributed by atoms with Gasteiger partial charge < -0.3 is 4.42 Å². The average molecular weight is 343 g/mol. The van der Waals surface area contributed by atoms with Crippen molar-refractivity contribution in [3.8, 4) is 11.6 Å². The normalized spacial score (nSPS) is 11.0. The van der Waals surface area contributed by atoms with E-state index in [1.165, 1.54) is 22.7 Å². The van der Waals surface area contributed by atoms with Crippen molar-refractivity contribution < 1.29 is 9.21 Å². The Morgan fingerprint density at radius 3 is 3.00 bits per heavy atom. The van der Waals surface area contributed by atoms with Gasteiger partial charge in [-0.05, 0) is 25.1 Å². The molecule has 4 aromatic rings. The van der Waals surface area contributed by atoms with Crippen LogP contribution in [-0.4, -0.2) is 26.1 Å². The highest BCUT2D eigenvalue weighted by Crippen LogP contribution is 2.23. The molecule has 4 rings (SSSR count). The van der Waals surface area contributed by atoms with E-state index in [0.717, 1.165) is 15.2 Å². The number of nitrogens with zero attached hydrogens (tertiary/aromatic N) is 4. The highest BCUT2D eigenvalue weighted by molar-refractivity contribution is 7.16. The third-order valence-electron chi connectivity index (χ3n) is 3.08. The average Bonchev–Trinajstić information content (AvgIpc) is 3.26. The Hall–Kier alpha value is -2.65. The van der Waals surface area contributed by atoms with E-state index in [-0.39, 0.29) is 17.8 Å². The van der Waals surface area contributed by atoms with E-state index in [1.54, 1.807) is 23.7 Å². The Morgan fingerprint density at radius 2 is 2.17 bits per heavy atom. The molecule has 0 fully saturated rings. The van der Waals surface area contributed by atoms with Crippen LogP contribution < -0.4 is 5.32 Å². The van der Waals surface area contributed by atoms with Crippen LogP contribution in [0.4, 0.5) is 6.01 Å². The second kappa shape index (κ2) is 5.52. The molecule has 1 amide bonds. The minimum absolute atomic E-state index is 0.0417. The fourth-order valence-electron chi connectivity index (χ4n) is 2.00. The van der Waals surface area contributed by atoms with E-state index in [2.05, 4.69) is 25.5 Å². The number of nitrogens with one attached hydrogen (secondary N) is 1. The maximum Gasteiger partial charge on any atom is 0.322 e. The largest absolute Gasteiger partial charge is 0.401 e. The van der Waals surface area contributed by atoms with Crippen LogP contribution in [0.2, 0.25) is 0 Å². The van der Waals surface area contributed by atoms with Gasteiger partial charge in [-0.25, -0.2) is 9.97 Å². The first kappa shape index (κ1) is 14.0. The number of thiazole rings is 2. The van der Waals surface area contributed by atoms with Crippen LogP contribution in [-0.2, 0) is 0 Å². The Bertz CT molecular complexity index is 1000. The molecule has 0 spiro atoms. The summed E-state index contributed by atoms with van der Waals surface area (Å²) in [5.41, 5.74) is 3.72. The summed E-state index contributed by atoms with van der Waals surface area (Å²) >= 11 is 2.97. The van der Waals surface area contributed by atoms with Crippen molar-refractivity contribution in [1.29, 1.82) is 0 Å². The molecule has 0 aliphatic rings. The van der Waals surface area contributed by atoms with Gasteiger partial charge in [0.25, 0.3) is 11.8 Å². The lowest BCUT2D eigenvalue weighted by Crippen LogP contribution is -2.11. The molecule has 0 radical (unpaired) electrons. The third-order valence-corrected chi connectivity index (χ3v) is 4.64.